The van der Waals surface area contributed by atoms with E-state index < -0.39 is 0 Å². The number of amides is 2. The van der Waals surface area contributed by atoms with E-state index in [0.717, 1.165) is 25.0 Å². The number of imide groups is 1. The zero-order chi connectivity index (χ0) is 13.3. The van der Waals surface area contributed by atoms with Gasteiger partial charge in [-0.05, 0) is 30.9 Å². The fourth-order valence-corrected chi connectivity index (χ4v) is 3.08. The molecule has 2 aliphatic rings. The number of fused-ring (bicyclic) bond motifs is 1. The number of carbonyl (C=O) groups excluding carboxylic acids is 2. The Morgan fingerprint density at radius 3 is 2.39 bits per heavy atom. The molecule has 1 aliphatic carbocycles. The van der Waals surface area contributed by atoms with E-state index in [2.05, 4.69) is 18.8 Å². The monoisotopic (exact) mass is 250 g/mol. The van der Waals surface area contributed by atoms with Crippen LogP contribution in [0.15, 0.2) is 12.2 Å². The molecule has 1 N–H and O–H groups in total. The van der Waals surface area contributed by atoms with Gasteiger partial charge in [-0.25, -0.2) is 0 Å². The van der Waals surface area contributed by atoms with Crippen LogP contribution in [0.2, 0.25) is 0 Å². The van der Waals surface area contributed by atoms with Crippen molar-refractivity contribution in [2.45, 2.75) is 26.7 Å². The highest BCUT2D eigenvalue weighted by Crippen LogP contribution is 2.42. The van der Waals surface area contributed by atoms with E-state index in [1.807, 2.05) is 6.92 Å². The minimum absolute atomic E-state index is 0.0204. The Morgan fingerprint density at radius 2 is 1.89 bits per heavy atom. The SMILES string of the molecule is C=C(CNCC)CN1C(=O)C2CC(C)CC2C1=O. The Labute approximate surface area is 108 Å². The molecule has 2 amide bonds. The normalized spacial score (nSPS) is 31.0. The molecule has 18 heavy (non-hydrogen) atoms. The maximum Gasteiger partial charge on any atom is 0.233 e. The fourth-order valence-electron chi connectivity index (χ4n) is 3.08. The second kappa shape index (κ2) is 5.22. The molecular formula is C14H22N2O2. The summed E-state index contributed by atoms with van der Waals surface area (Å²) in [6, 6.07) is 0. The van der Waals surface area contributed by atoms with Gasteiger partial charge < -0.3 is 5.32 Å². The summed E-state index contributed by atoms with van der Waals surface area (Å²) in [6.07, 6.45) is 1.73. The lowest BCUT2D eigenvalue weighted by molar-refractivity contribution is -0.140. The highest BCUT2D eigenvalue weighted by Gasteiger charge is 2.51. The van der Waals surface area contributed by atoms with Crippen LogP contribution in [0.3, 0.4) is 0 Å². The number of nitrogens with zero attached hydrogens (tertiary/aromatic N) is 1. The van der Waals surface area contributed by atoms with Gasteiger partial charge in [-0.15, -0.1) is 0 Å². The minimum Gasteiger partial charge on any atom is -0.313 e. The quantitative estimate of drug-likeness (QED) is 0.589. The number of likely N-dealkylation sites (tertiary alicyclic amines) is 1. The molecule has 2 unspecified atom stereocenters. The molecule has 100 valence electrons. The van der Waals surface area contributed by atoms with Crippen molar-refractivity contribution in [1.82, 2.24) is 10.2 Å². The van der Waals surface area contributed by atoms with Crippen LogP contribution in [0.25, 0.3) is 0 Å². The van der Waals surface area contributed by atoms with E-state index in [0.29, 0.717) is 19.0 Å². The van der Waals surface area contributed by atoms with E-state index in [1.54, 1.807) is 0 Å². The van der Waals surface area contributed by atoms with E-state index >= 15 is 0 Å². The summed E-state index contributed by atoms with van der Waals surface area (Å²) in [5.74, 6) is 0.429. The molecule has 1 saturated carbocycles. The minimum atomic E-state index is -0.0561. The van der Waals surface area contributed by atoms with Crippen LogP contribution in [-0.2, 0) is 9.59 Å². The standard InChI is InChI=1S/C14H22N2O2/c1-4-15-7-10(3)8-16-13(17)11-5-9(2)6-12(11)14(16)18/h9,11-12,15H,3-8H2,1-2H3. The van der Waals surface area contributed by atoms with Gasteiger partial charge >= 0.3 is 0 Å². The van der Waals surface area contributed by atoms with Crippen molar-refractivity contribution in [1.29, 1.82) is 0 Å². The van der Waals surface area contributed by atoms with Crippen LogP contribution < -0.4 is 5.32 Å². The predicted octanol–water partition coefficient (Wildman–Crippen LogP) is 1.18. The number of likely N-dealkylation sites (N-methyl/N-ethyl adjacent to an activating group) is 1. The van der Waals surface area contributed by atoms with E-state index in [-0.39, 0.29) is 23.7 Å². The summed E-state index contributed by atoms with van der Waals surface area (Å²) in [7, 11) is 0. The van der Waals surface area contributed by atoms with E-state index in [9.17, 15) is 9.59 Å². The lowest BCUT2D eigenvalue weighted by Crippen LogP contribution is -2.35. The first-order valence-corrected chi connectivity index (χ1v) is 6.77. The average Bonchev–Trinajstić information content (AvgIpc) is 2.81. The van der Waals surface area contributed by atoms with E-state index in [1.165, 1.54) is 4.90 Å². The molecule has 1 aliphatic heterocycles. The van der Waals surface area contributed by atoms with E-state index in [4.69, 9.17) is 0 Å². The highest BCUT2D eigenvalue weighted by atomic mass is 16.2. The van der Waals surface area contributed by atoms with Gasteiger partial charge in [-0.1, -0.05) is 20.4 Å². The zero-order valence-electron chi connectivity index (χ0n) is 11.2. The van der Waals surface area contributed by atoms with Gasteiger partial charge in [0.15, 0.2) is 0 Å². The molecule has 0 radical (unpaired) electrons. The Kier molecular flexibility index (Phi) is 3.85. The second-order valence-electron chi connectivity index (χ2n) is 5.58. The largest absolute Gasteiger partial charge is 0.313 e. The third-order valence-electron chi connectivity index (χ3n) is 3.97. The van der Waals surface area contributed by atoms with Gasteiger partial charge in [-0.2, -0.15) is 0 Å². The summed E-state index contributed by atoms with van der Waals surface area (Å²) in [4.78, 5) is 25.8. The molecule has 4 heteroatoms. The van der Waals surface area contributed by atoms with Crippen LogP contribution in [-0.4, -0.2) is 36.3 Å². The Morgan fingerprint density at radius 1 is 1.33 bits per heavy atom. The van der Waals surface area contributed by atoms with Crippen LogP contribution in [0, 0.1) is 17.8 Å². The van der Waals surface area contributed by atoms with Gasteiger partial charge in [0.25, 0.3) is 0 Å². The van der Waals surface area contributed by atoms with Crippen LogP contribution in [0.4, 0.5) is 0 Å². The Balaban J connectivity index is 1.97. The van der Waals surface area contributed by atoms with Crippen molar-refractivity contribution in [3.8, 4) is 0 Å². The molecule has 4 nitrogen and oxygen atoms in total. The summed E-state index contributed by atoms with van der Waals surface area (Å²) >= 11 is 0. The molecule has 2 rings (SSSR count). The summed E-state index contributed by atoms with van der Waals surface area (Å²) < 4.78 is 0. The van der Waals surface area contributed by atoms with Crippen molar-refractivity contribution in [3.05, 3.63) is 12.2 Å². The number of carbonyl (C=O) groups is 2. The molecule has 0 aromatic carbocycles. The molecule has 0 spiro atoms. The third kappa shape index (κ3) is 2.34. The van der Waals surface area contributed by atoms with Crippen LogP contribution in [0.1, 0.15) is 26.7 Å². The second-order valence-corrected chi connectivity index (χ2v) is 5.58. The average molecular weight is 250 g/mol. The molecule has 2 fully saturated rings. The zero-order valence-corrected chi connectivity index (χ0v) is 11.2. The topological polar surface area (TPSA) is 49.4 Å². The van der Waals surface area contributed by atoms with Gasteiger partial charge in [0.2, 0.25) is 11.8 Å². The van der Waals surface area contributed by atoms with Crippen LogP contribution in [0.5, 0.6) is 0 Å². The predicted molar refractivity (Wildman–Crippen MR) is 69.8 cm³/mol. The van der Waals surface area contributed by atoms with Crippen molar-refractivity contribution < 1.29 is 9.59 Å². The third-order valence-corrected chi connectivity index (χ3v) is 3.97. The molecule has 0 aromatic heterocycles. The van der Waals surface area contributed by atoms with Gasteiger partial charge in [-0.3, -0.25) is 14.5 Å². The summed E-state index contributed by atoms with van der Waals surface area (Å²) in [5.41, 5.74) is 0.895. The van der Waals surface area contributed by atoms with Crippen molar-refractivity contribution in [2.24, 2.45) is 17.8 Å². The number of hydrogen-bond acceptors (Lipinski definition) is 3. The van der Waals surface area contributed by atoms with Crippen molar-refractivity contribution in [3.63, 3.8) is 0 Å². The maximum absolute atomic E-state index is 12.2. The molecule has 1 heterocycles. The summed E-state index contributed by atoms with van der Waals surface area (Å²) in [5, 5.41) is 3.16. The maximum atomic E-state index is 12.2. The first-order chi connectivity index (χ1) is 8.54. The van der Waals surface area contributed by atoms with Gasteiger partial charge in [0, 0.05) is 6.54 Å². The fraction of sp³-hybridized carbons (Fsp3) is 0.714. The number of hydrogen-bond donors (Lipinski definition) is 1. The highest BCUT2D eigenvalue weighted by molar-refractivity contribution is 6.05. The van der Waals surface area contributed by atoms with Crippen LogP contribution >= 0.6 is 0 Å². The number of nitrogens with one attached hydrogen (secondary N) is 1. The van der Waals surface area contributed by atoms with Gasteiger partial charge in [0.1, 0.15) is 0 Å². The van der Waals surface area contributed by atoms with Crippen molar-refractivity contribution >= 4 is 11.8 Å². The first-order valence-electron chi connectivity index (χ1n) is 6.77. The molecule has 1 saturated heterocycles. The summed E-state index contributed by atoms with van der Waals surface area (Å²) in [6.45, 7) is 9.97. The molecular weight excluding hydrogens is 228 g/mol. The molecule has 0 bridgehead atoms. The van der Waals surface area contributed by atoms with Gasteiger partial charge in [0.05, 0.1) is 18.4 Å². The Bertz CT molecular complexity index is 354. The number of rotatable bonds is 5. The lowest BCUT2D eigenvalue weighted by Gasteiger charge is -2.18. The van der Waals surface area contributed by atoms with Crippen molar-refractivity contribution in [2.75, 3.05) is 19.6 Å². The first kappa shape index (κ1) is 13.3. The molecule has 2 atom stereocenters. The Hall–Kier alpha value is -1.16. The smallest absolute Gasteiger partial charge is 0.233 e. The molecule has 0 aromatic rings. The lowest BCUT2D eigenvalue weighted by atomic mass is 10.00.